The first-order valence-corrected chi connectivity index (χ1v) is 4.73. The first-order chi connectivity index (χ1) is 6.40. The Balaban J connectivity index is 1.97. The molecule has 0 aromatic heterocycles. The summed E-state index contributed by atoms with van der Waals surface area (Å²) >= 11 is 0. The summed E-state index contributed by atoms with van der Waals surface area (Å²) in [5.41, 5.74) is 5.94. The monoisotopic (exact) mass is 177 g/mol. The van der Waals surface area contributed by atoms with Crippen molar-refractivity contribution in [3.8, 4) is 0 Å². The van der Waals surface area contributed by atoms with Gasteiger partial charge >= 0.3 is 0 Å². The van der Waals surface area contributed by atoms with Crippen LogP contribution < -0.4 is 5.48 Å². The molecule has 0 spiro atoms. The van der Waals surface area contributed by atoms with E-state index in [0.717, 1.165) is 6.54 Å². The highest BCUT2D eigenvalue weighted by molar-refractivity contribution is 5.32. The second-order valence-electron chi connectivity index (χ2n) is 3.60. The standard InChI is InChI=1S/C11H15NO/c1-13-12-8-9-6-10-4-2-3-5-11(10)7-9/h2-5,9,12H,6-8H2,1H3. The molecule has 0 unspecified atom stereocenters. The molecular weight excluding hydrogens is 162 g/mol. The van der Waals surface area contributed by atoms with Gasteiger partial charge in [0.25, 0.3) is 0 Å². The lowest BCUT2D eigenvalue weighted by molar-refractivity contribution is 0.0808. The third-order valence-corrected chi connectivity index (χ3v) is 2.65. The zero-order valence-electron chi connectivity index (χ0n) is 7.92. The molecule has 70 valence electrons. The van der Waals surface area contributed by atoms with Crippen LogP contribution in [0.1, 0.15) is 11.1 Å². The van der Waals surface area contributed by atoms with Crippen molar-refractivity contribution in [2.24, 2.45) is 5.92 Å². The lowest BCUT2D eigenvalue weighted by Gasteiger charge is -2.07. The Kier molecular flexibility index (Phi) is 2.62. The molecule has 13 heavy (non-hydrogen) atoms. The molecular formula is C11H15NO. The minimum Gasteiger partial charge on any atom is -0.305 e. The topological polar surface area (TPSA) is 21.3 Å². The van der Waals surface area contributed by atoms with E-state index in [9.17, 15) is 0 Å². The highest BCUT2D eigenvalue weighted by Gasteiger charge is 2.19. The number of hydrogen-bond donors (Lipinski definition) is 1. The van der Waals surface area contributed by atoms with E-state index in [2.05, 4.69) is 29.7 Å². The van der Waals surface area contributed by atoms with Gasteiger partial charge in [0.05, 0.1) is 7.11 Å². The Morgan fingerprint density at radius 2 is 1.92 bits per heavy atom. The van der Waals surface area contributed by atoms with Crippen molar-refractivity contribution in [2.45, 2.75) is 12.8 Å². The summed E-state index contributed by atoms with van der Waals surface area (Å²) in [7, 11) is 1.67. The van der Waals surface area contributed by atoms with Gasteiger partial charge in [0.2, 0.25) is 0 Å². The molecule has 2 rings (SSSR count). The molecule has 1 aliphatic carbocycles. The van der Waals surface area contributed by atoms with Gasteiger partial charge in [-0.3, -0.25) is 0 Å². The molecule has 0 saturated carbocycles. The van der Waals surface area contributed by atoms with E-state index in [4.69, 9.17) is 4.84 Å². The van der Waals surface area contributed by atoms with Gasteiger partial charge in [-0.2, -0.15) is 0 Å². The van der Waals surface area contributed by atoms with Crippen molar-refractivity contribution in [2.75, 3.05) is 13.7 Å². The number of hydrogen-bond acceptors (Lipinski definition) is 2. The second kappa shape index (κ2) is 3.90. The van der Waals surface area contributed by atoms with Gasteiger partial charge in [0, 0.05) is 6.54 Å². The number of rotatable bonds is 3. The van der Waals surface area contributed by atoms with E-state index in [1.54, 1.807) is 7.11 Å². The van der Waals surface area contributed by atoms with Gasteiger partial charge in [0.1, 0.15) is 0 Å². The average Bonchev–Trinajstić information content (AvgIpc) is 2.57. The van der Waals surface area contributed by atoms with Crippen molar-refractivity contribution >= 4 is 0 Å². The summed E-state index contributed by atoms with van der Waals surface area (Å²) < 4.78 is 0. The maximum absolute atomic E-state index is 4.85. The van der Waals surface area contributed by atoms with Crippen LogP contribution in [-0.2, 0) is 17.7 Å². The Morgan fingerprint density at radius 3 is 2.46 bits per heavy atom. The third kappa shape index (κ3) is 1.90. The third-order valence-electron chi connectivity index (χ3n) is 2.65. The quantitative estimate of drug-likeness (QED) is 0.707. The fourth-order valence-corrected chi connectivity index (χ4v) is 2.00. The minimum atomic E-state index is 0.706. The molecule has 0 saturated heterocycles. The van der Waals surface area contributed by atoms with Crippen LogP contribution in [0, 0.1) is 5.92 Å². The van der Waals surface area contributed by atoms with Crippen molar-refractivity contribution in [3.05, 3.63) is 35.4 Å². The molecule has 2 nitrogen and oxygen atoms in total. The van der Waals surface area contributed by atoms with Crippen LogP contribution in [0.5, 0.6) is 0 Å². The molecule has 1 aromatic carbocycles. The van der Waals surface area contributed by atoms with Gasteiger partial charge in [0.15, 0.2) is 0 Å². The minimum absolute atomic E-state index is 0.706. The molecule has 0 radical (unpaired) electrons. The van der Waals surface area contributed by atoms with Crippen molar-refractivity contribution in [1.82, 2.24) is 5.48 Å². The first-order valence-electron chi connectivity index (χ1n) is 4.73. The maximum Gasteiger partial charge on any atom is 0.0572 e. The molecule has 2 heteroatoms. The van der Waals surface area contributed by atoms with E-state index in [1.807, 2.05) is 0 Å². The highest BCUT2D eigenvalue weighted by atomic mass is 16.6. The van der Waals surface area contributed by atoms with Gasteiger partial charge in [-0.15, -0.1) is 0 Å². The number of fused-ring (bicyclic) bond motifs is 1. The van der Waals surface area contributed by atoms with Crippen LogP contribution in [0.2, 0.25) is 0 Å². The smallest absolute Gasteiger partial charge is 0.0572 e. The van der Waals surface area contributed by atoms with Crippen LogP contribution in [0.25, 0.3) is 0 Å². The summed E-state index contributed by atoms with van der Waals surface area (Å²) in [5.74, 6) is 0.706. The summed E-state index contributed by atoms with van der Waals surface area (Å²) in [6.07, 6.45) is 2.37. The van der Waals surface area contributed by atoms with Crippen LogP contribution in [0.3, 0.4) is 0 Å². The molecule has 1 aliphatic rings. The van der Waals surface area contributed by atoms with E-state index in [1.165, 1.54) is 24.0 Å². The Morgan fingerprint density at radius 1 is 1.31 bits per heavy atom. The zero-order chi connectivity index (χ0) is 9.10. The molecule has 0 heterocycles. The number of nitrogens with one attached hydrogen (secondary N) is 1. The van der Waals surface area contributed by atoms with E-state index < -0.39 is 0 Å². The van der Waals surface area contributed by atoms with Gasteiger partial charge in [-0.25, -0.2) is 5.48 Å². The first kappa shape index (κ1) is 8.73. The molecule has 0 fully saturated rings. The molecule has 0 aliphatic heterocycles. The van der Waals surface area contributed by atoms with Gasteiger partial charge in [-0.1, -0.05) is 24.3 Å². The van der Waals surface area contributed by atoms with Crippen molar-refractivity contribution in [1.29, 1.82) is 0 Å². The van der Waals surface area contributed by atoms with E-state index in [0.29, 0.717) is 5.92 Å². The molecule has 0 atom stereocenters. The molecule has 1 N–H and O–H groups in total. The van der Waals surface area contributed by atoms with Crippen LogP contribution in [0.4, 0.5) is 0 Å². The lowest BCUT2D eigenvalue weighted by atomic mass is 10.1. The number of hydroxylamine groups is 1. The predicted molar refractivity (Wildman–Crippen MR) is 52.4 cm³/mol. The Hall–Kier alpha value is -0.860. The van der Waals surface area contributed by atoms with Crippen molar-refractivity contribution in [3.63, 3.8) is 0 Å². The summed E-state index contributed by atoms with van der Waals surface area (Å²) in [6, 6.07) is 8.68. The largest absolute Gasteiger partial charge is 0.305 e. The summed E-state index contributed by atoms with van der Waals surface area (Å²) in [5, 5.41) is 0. The van der Waals surface area contributed by atoms with Crippen LogP contribution in [-0.4, -0.2) is 13.7 Å². The van der Waals surface area contributed by atoms with Gasteiger partial charge in [-0.05, 0) is 29.9 Å². The van der Waals surface area contributed by atoms with E-state index >= 15 is 0 Å². The SMILES string of the molecule is CONCC1Cc2ccccc2C1. The summed E-state index contributed by atoms with van der Waals surface area (Å²) in [4.78, 5) is 4.85. The van der Waals surface area contributed by atoms with Gasteiger partial charge < -0.3 is 4.84 Å². The fourth-order valence-electron chi connectivity index (χ4n) is 2.00. The Bertz CT molecular complexity index is 260. The molecule has 0 bridgehead atoms. The fraction of sp³-hybridized carbons (Fsp3) is 0.455. The van der Waals surface area contributed by atoms with Crippen LogP contribution in [0.15, 0.2) is 24.3 Å². The normalized spacial score (nSPS) is 16.1. The highest BCUT2D eigenvalue weighted by Crippen LogP contribution is 2.25. The van der Waals surface area contributed by atoms with Crippen LogP contribution >= 0.6 is 0 Å². The van der Waals surface area contributed by atoms with Crippen molar-refractivity contribution < 1.29 is 4.84 Å². The summed E-state index contributed by atoms with van der Waals surface area (Å²) in [6.45, 7) is 0.950. The molecule has 1 aromatic rings. The predicted octanol–water partition coefficient (Wildman–Crippen LogP) is 1.55. The average molecular weight is 177 g/mol. The number of benzene rings is 1. The Labute approximate surface area is 78.9 Å². The molecule has 0 amide bonds. The second-order valence-corrected chi connectivity index (χ2v) is 3.60. The maximum atomic E-state index is 4.85. The van der Waals surface area contributed by atoms with E-state index in [-0.39, 0.29) is 0 Å². The lowest BCUT2D eigenvalue weighted by Crippen LogP contribution is -2.21. The zero-order valence-corrected chi connectivity index (χ0v) is 7.92.